The van der Waals surface area contributed by atoms with Crippen LogP contribution in [-0.4, -0.2) is 44.2 Å². The van der Waals surface area contributed by atoms with Crippen LogP contribution in [0.4, 0.5) is 0 Å². The van der Waals surface area contributed by atoms with Gasteiger partial charge in [0.2, 0.25) is 0 Å². The van der Waals surface area contributed by atoms with E-state index in [1.54, 1.807) is 19.2 Å². The second-order valence-electron chi connectivity index (χ2n) is 6.88. The van der Waals surface area contributed by atoms with Crippen molar-refractivity contribution < 1.29 is 14.3 Å². The maximum Gasteiger partial charge on any atom is 0.258 e. The third-order valence-electron chi connectivity index (χ3n) is 5.02. The molecule has 1 unspecified atom stereocenters. The van der Waals surface area contributed by atoms with E-state index in [0.717, 1.165) is 23.7 Å². The molecule has 1 saturated heterocycles. The molecular formula is C22H28Cl2N2O3. The third kappa shape index (κ3) is 6.53. The maximum atomic E-state index is 12.4. The van der Waals surface area contributed by atoms with Crippen molar-refractivity contribution in [3.05, 3.63) is 59.1 Å². The summed E-state index contributed by atoms with van der Waals surface area (Å²) in [6.07, 6.45) is 3.60. The van der Waals surface area contributed by atoms with Crippen molar-refractivity contribution in [1.29, 1.82) is 0 Å². The molecule has 7 heteroatoms. The van der Waals surface area contributed by atoms with Gasteiger partial charge in [0.25, 0.3) is 5.91 Å². The first-order chi connectivity index (χ1) is 13.7. The van der Waals surface area contributed by atoms with Crippen molar-refractivity contribution in [2.24, 2.45) is 0 Å². The summed E-state index contributed by atoms with van der Waals surface area (Å²) in [5.41, 5.74) is 1.05. The van der Waals surface area contributed by atoms with Gasteiger partial charge in [0, 0.05) is 11.6 Å². The molecule has 158 valence electrons. The first-order valence-corrected chi connectivity index (χ1v) is 10.1. The molecule has 1 N–H and O–H groups in total. The molecule has 0 spiro atoms. The van der Waals surface area contributed by atoms with Crippen molar-refractivity contribution in [2.45, 2.75) is 25.3 Å². The highest BCUT2D eigenvalue weighted by molar-refractivity contribution is 6.31. The van der Waals surface area contributed by atoms with Crippen LogP contribution in [0.15, 0.2) is 48.5 Å². The van der Waals surface area contributed by atoms with Crippen LogP contribution >= 0.6 is 24.0 Å². The fraction of sp³-hybridized carbons (Fsp3) is 0.409. The molecule has 0 bridgehead atoms. The molecule has 0 aromatic heterocycles. The largest absolute Gasteiger partial charge is 0.493 e. The number of piperidine rings is 1. The molecule has 1 heterocycles. The Morgan fingerprint density at radius 3 is 2.41 bits per heavy atom. The average Bonchev–Trinajstić information content (AvgIpc) is 2.74. The number of amides is 1. The molecule has 0 saturated carbocycles. The summed E-state index contributed by atoms with van der Waals surface area (Å²) in [4.78, 5) is 14.8. The van der Waals surface area contributed by atoms with Crippen LogP contribution in [0.5, 0.6) is 11.5 Å². The molecule has 1 fully saturated rings. The number of carbonyl (C=O) groups is 1. The van der Waals surface area contributed by atoms with Crippen LogP contribution in [0.25, 0.3) is 0 Å². The standard InChI is InChI=1S/C22H27ClN2O3.ClH/c1-27-20-11-5-6-12-21(20)28-16-22(26)24-15-19(25-13-7-2-8-14-25)17-9-3-4-10-18(17)23;/h3-6,9-12,19H,2,7-8,13-16H2,1H3,(H,24,26);1H. The lowest BCUT2D eigenvalue weighted by Gasteiger charge is -2.35. The summed E-state index contributed by atoms with van der Waals surface area (Å²) in [5, 5.41) is 3.74. The lowest BCUT2D eigenvalue weighted by molar-refractivity contribution is -0.123. The first-order valence-electron chi connectivity index (χ1n) is 9.70. The van der Waals surface area contributed by atoms with Crippen LogP contribution in [0.3, 0.4) is 0 Å². The van der Waals surface area contributed by atoms with Crippen LogP contribution in [0, 0.1) is 0 Å². The molecule has 1 aliphatic heterocycles. The van der Waals surface area contributed by atoms with E-state index in [9.17, 15) is 4.79 Å². The zero-order valence-electron chi connectivity index (χ0n) is 16.6. The molecule has 0 aliphatic carbocycles. The van der Waals surface area contributed by atoms with E-state index in [-0.39, 0.29) is 31.0 Å². The molecule has 29 heavy (non-hydrogen) atoms. The summed E-state index contributed by atoms with van der Waals surface area (Å²) in [6.45, 7) is 2.47. The Morgan fingerprint density at radius 2 is 1.72 bits per heavy atom. The average molecular weight is 439 g/mol. The monoisotopic (exact) mass is 438 g/mol. The predicted molar refractivity (Wildman–Crippen MR) is 118 cm³/mol. The van der Waals surface area contributed by atoms with E-state index in [1.165, 1.54) is 19.3 Å². The van der Waals surface area contributed by atoms with Gasteiger partial charge in [-0.15, -0.1) is 12.4 Å². The van der Waals surface area contributed by atoms with Crippen LogP contribution in [-0.2, 0) is 4.79 Å². The SMILES string of the molecule is COc1ccccc1OCC(=O)NCC(c1ccccc1Cl)N1CCCCC1.Cl. The van der Waals surface area contributed by atoms with E-state index in [4.69, 9.17) is 21.1 Å². The summed E-state index contributed by atoms with van der Waals surface area (Å²) in [5.74, 6) is 0.997. The highest BCUT2D eigenvalue weighted by Crippen LogP contribution is 2.29. The van der Waals surface area contributed by atoms with Crippen molar-refractivity contribution in [1.82, 2.24) is 10.2 Å². The van der Waals surface area contributed by atoms with E-state index in [0.29, 0.717) is 18.0 Å². The maximum absolute atomic E-state index is 12.4. The molecule has 1 amide bonds. The van der Waals surface area contributed by atoms with E-state index < -0.39 is 0 Å². The number of ether oxygens (including phenoxy) is 2. The minimum Gasteiger partial charge on any atom is -0.493 e. The van der Waals surface area contributed by atoms with Crippen molar-refractivity contribution in [2.75, 3.05) is 33.4 Å². The van der Waals surface area contributed by atoms with Gasteiger partial charge in [0.15, 0.2) is 18.1 Å². The number of nitrogens with zero attached hydrogens (tertiary/aromatic N) is 1. The molecule has 0 radical (unpaired) electrons. The van der Waals surface area contributed by atoms with Crippen LogP contribution < -0.4 is 14.8 Å². The van der Waals surface area contributed by atoms with Gasteiger partial charge in [-0.2, -0.15) is 0 Å². The Labute approximate surface area is 183 Å². The van der Waals surface area contributed by atoms with Gasteiger partial charge in [-0.05, 0) is 49.7 Å². The van der Waals surface area contributed by atoms with Gasteiger partial charge in [0.05, 0.1) is 13.2 Å². The summed E-state index contributed by atoms with van der Waals surface area (Å²) >= 11 is 6.45. The summed E-state index contributed by atoms with van der Waals surface area (Å²) in [7, 11) is 1.58. The Balaban J connectivity index is 0.00000300. The zero-order valence-corrected chi connectivity index (χ0v) is 18.2. The van der Waals surface area contributed by atoms with Crippen molar-refractivity contribution >= 4 is 29.9 Å². The number of carbonyl (C=O) groups excluding carboxylic acids is 1. The van der Waals surface area contributed by atoms with Gasteiger partial charge in [-0.3, -0.25) is 9.69 Å². The van der Waals surface area contributed by atoms with Gasteiger partial charge in [-0.1, -0.05) is 48.4 Å². The molecule has 3 rings (SSSR count). The number of para-hydroxylation sites is 2. The molecule has 1 aliphatic rings. The van der Waals surface area contributed by atoms with E-state index in [1.807, 2.05) is 36.4 Å². The van der Waals surface area contributed by atoms with E-state index in [2.05, 4.69) is 10.2 Å². The number of hydrogen-bond acceptors (Lipinski definition) is 4. The summed E-state index contributed by atoms with van der Waals surface area (Å²) < 4.78 is 10.9. The molecule has 2 aromatic carbocycles. The van der Waals surface area contributed by atoms with Gasteiger partial charge >= 0.3 is 0 Å². The molecular weight excluding hydrogens is 411 g/mol. The van der Waals surface area contributed by atoms with Crippen molar-refractivity contribution in [3.63, 3.8) is 0 Å². The molecule has 2 aromatic rings. The second-order valence-corrected chi connectivity index (χ2v) is 7.28. The Morgan fingerprint density at radius 1 is 1.07 bits per heavy atom. The van der Waals surface area contributed by atoms with Gasteiger partial charge in [0.1, 0.15) is 0 Å². The van der Waals surface area contributed by atoms with Crippen LogP contribution in [0.2, 0.25) is 5.02 Å². The highest BCUT2D eigenvalue weighted by atomic mass is 35.5. The second kappa shape index (κ2) is 11.9. The fourth-order valence-electron chi connectivity index (χ4n) is 3.55. The number of benzene rings is 2. The van der Waals surface area contributed by atoms with Gasteiger partial charge < -0.3 is 14.8 Å². The summed E-state index contributed by atoms with van der Waals surface area (Å²) in [6, 6.07) is 15.2. The number of hydrogen-bond donors (Lipinski definition) is 1. The number of nitrogens with one attached hydrogen (secondary N) is 1. The zero-order chi connectivity index (χ0) is 19.8. The Hall–Kier alpha value is -1.95. The Bertz CT molecular complexity index is 782. The molecule has 1 atom stereocenters. The van der Waals surface area contributed by atoms with Gasteiger partial charge in [-0.25, -0.2) is 0 Å². The minimum absolute atomic E-state index is 0. The number of methoxy groups -OCH3 is 1. The van der Waals surface area contributed by atoms with Crippen molar-refractivity contribution in [3.8, 4) is 11.5 Å². The predicted octanol–water partition coefficient (Wildman–Crippen LogP) is 4.49. The van der Waals surface area contributed by atoms with Crippen LogP contribution in [0.1, 0.15) is 30.9 Å². The van der Waals surface area contributed by atoms with E-state index >= 15 is 0 Å². The normalized spacial score (nSPS) is 15.1. The quantitative estimate of drug-likeness (QED) is 0.659. The lowest BCUT2D eigenvalue weighted by Crippen LogP contribution is -2.41. The third-order valence-corrected chi connectivity index (χ3v) is 5.36. The number of likely N-dealkylation sites (tertiary alicyclic amines) is 1. The molecule has 5 nitrogen and oxygen atoms in total. The smallest absolute Gasteiger partial charge is 0.258 e. The highest BCUT2D eigenvalue weighted by Gasteiger charge is 2.24. The fourth-order valence-corrected chi connectivity index (χ4v) is 3.82. The lowest BCUT2D eigenvalue weighted by atomic mass is 10.0. The Kier molecular flexibility index (Phi) is 9.58. The first kappa shape index (κ1) is 23.3. The number of rotatable bonds is 8. The minimum atomic E-state index is -0.167. The topological polar surface area (TPSA) is 50.8 Å². The number of halogens is 2.